The Balaban J connectivity index is 1.57. The fraction of sp³-hybridized carbons (Fsp3) is 0.0645. The molecule has 0 bridgehead atoms. The Kier molecular flexibility index (Phi) is 5.87. The summed E-state index contributed by atoms with van der Waals surface area (Å²) < 4.78 is 2.89. The summed E-state index contributed by atoms with van der Waals surface area (Å²) in [4.78, 5) is 18.7. The molecule has 180 valence electrons. The number of hydrogen-bond donors (Lipinski definition) is 1. The lowest BCUT2D eigenvalue weighted by molar-refractivity contribution is 0.102. The van der Waals surface area contributed by atoms with Gasteiger partial charge in [0.15, 0.2) is 5.13 Å². The number of fused-ring (bicyclic) bond motifs is 1. The largest absolute Gasteiger partial charge is 0.298 e. The smallest absolute Gasteiger partial charge is 0.261 e. The second-order valence-corrected chi connectivity index (χ2v) is 10.0. The maximum atomic E-state index is 14.1. The van der Waals surface area contributed by atoms with Crippen molar-refractivity contribution in [1.29, 1.82) is 0 Å². The molecule has 1 N–H and O–H groups in total. The summed E-state index contributed by atoms with van der Waals surface area (Å²) in [5.74, 6) is -0.243. The minimum absolute atomic E-state index is 0.243. The number of anilines is 1. The summed E-state index contributed by atoms with van der Waals surface area (Å²) in [7, 11) is 0. The van der Waals surface area contributed by atoms with Crippen LogP contribution in [0.1, 0.15) is 21.5 Å². The van der Waals surface area contributed by atoms with Crippen LogP contribution in [0, 0.1) is 13.8 Å². The van der Waals surface area contributed by atoms with Crippen molar-refractivity contribution in [3.05, 3.63) is 120 Å². The summed E-state index contributed by atoms with van der Waals surface area (Å²) in [5.41, 5.74) is 7.69. The lowest BCUT2D eigenvalue weighted by atomic mass is 9.99. The zero-order chi connectivity index (χ0) is 25.4. The van der Waals surface area contributed by atoms with Crippen molar-refractivity contribution in [3.63, 3.8) is 0 Å². The van der Waals surface area contributed by atoms with Crippen LogP contribution in [-0.4, -0.2) is 20.7 Å². The topological polar surface area (TPSA) is 59.8 Å². The molecule has 0 radical (unpaired) electrons. The Hall–Kier alpha value is -4.55. The van der Waals surface area contributed by atoms with E-state index in [-0.39, 0.29) is 5.91 Å². The molecule has 0 saturated heterocycles. The number of nitrogens with one attached hydrogen (secondary N) is 1. The summed E-state index contributed by atoms with van der Waals surface area (Å²) in [6, 6.07) is 34.1. The number of hydrogen-bond acceptors (Lipinski definition) is 4. The molecule has 37 heavy (non-hydrogen) atoms. The number of carbonyl (C=O) groups is 1. The standard InChI is InChI=1S/C31H24N4OS/c1-20-12-16-22(17-13-20)28-27(30(36)33-31-32-25-10-6-7-11-26(25)37-31)29(23-18-14-21(2)15-19-23)35(34-28)24-8-4-3-5-9-24/h3-19H,1-2H3,(H,32,33,36). The summed E-state index contributed by atoms with van der Waals surface area (Å²) in [6.45, 7) is 4.10. The van der Waals surface area contributed by atoms with Gasteiger partial charge < -0.3 is 0 Å². The Labute approximate surface area is 219 Å². The molecule has 2 heterocycles. The maximum Gasteiger partial charge on any atom is 0.261 e. The number of para-hydroxylation sites is 2. The highest BCUT2D eigenvalue weighted by Gasteiger charge is 2.27. The van der Waals surface area contributed by atoms with Crippen molar-refractivity contribution in [2.45, 2.75) is 13.8 Å². The number of aryl methyl sites for hydroxylation is 2. The van der Waals surface area contributed by atoms with Gasteiger partial charge in [0.2, 0.25) is 0 Å². The number of benzene rings is 4. The lowest BCUT2D eigenvalue weighted by Gasteiger charge is -2.10. The zero-order valence-electron chi connectivity index (χ0n) is 20.5. The average molecular weight is 501 g/mol. The van der Waals surface area contributed by atoms with Gasteiger partial charge in [-0.15, -0.1) is 0 Å². The summed E-state index contributed by atoms with van der Waals surface area (Å²) in [6.07, 6.45) is 0. The van der Waals surface area contributed by atoms with Crippen molar-refractivity contribution >= 4 is 32.6 Å². The van der Waals surface area contributed by atoms with Crippen LogP contribution in [0.3, 0.4) is 0 Å². The third-order valence-electron chi connectivity index (χ3n) is 6.28. The Morgan fingerprint density at radius 1 is 0.757 bits per heavy atom. The first-order chi connectivity index (χ1) is 18.1. The summed E-state index contributed by atoms with van der Waals surface area (Å²) in [5, 5.41) is 8.65. The molecule has 0 aliphatic carbocycles. The molecule has 1 amide bonds. The van der Waals surface area contributed by atoms with E-state index >= 15 is 0 Å². The van der Waals surface area contributed by atoms with Crippen molar-refractivity contribution in [2.24, 2.45) is 0 Å². The molecule has 0 spiro atoms. The van der Waals surface area contributed by atoms with Gasteiger partial charge in [-0.3, -0.25) is 10.1 Å². The molecule has 0 saturated carbocycles. The molecule has 0 aliphatic heterocycles. The monoisotopic (exact) mass is 500 g/mol. The van der Waals surface area contributed by atoms with E-state index < -0.39 is 0 Å². The molecule has 6 heteroatoms. The number of carbonyl (C=O) groups excluding carboxylic acids is 1. The van der Waals surface area contributed by atoms with E-state index in [2.05, 4.69) is 29.4 Å². The number of thiazole rings is 1. The highest BCUT2D eigenvalue weighted by molar-refractivity contribution is 7.22. The van der Waals surface area contributed by atoms with Crippen LogP contribution in [0.4, 0.5) is 5.13 Å². The van der Waals surface area contributed by atoms with Crippen molar-refractivity contribution in [1.82, 2.24) is 14.8 Å². The molecule has 4 aromatic carbocycles. The number of rotatable bonds is 5. The van der Waals surface area contributed by atoms with Crippen LogP contribution < -0.4 is 5.32 Å². The molecular formula is C31H24N4OS. The van der Waals surface area contributed by atoms with Crippen molar-refractivity contribution in [2.75, 3.05) is 5.32 Å². The first-order valence-electron chi connectivity index (χ1n) is 12.1. The minimum atomic E-state index is -0.243. The maximum absolute atomic E-state index is 14.1. The van der Waals surface area contributed by atoms with E-state index in [0.717, 1.165) is 43.9 Å². The minimum Gasteiger partial charge on any atom is -0.298 e. The highest BCUT2D eigenvalue weighted by Crippen LogP contribution is 2.36. The van der Waals surface area contributed by atoms with Crippen LogP contribution in [0.25, 0.3) is 38.4 Å². The van der Waals surface area contributed by atoms with Gasteiger partial charge in [-0.05, 0) is 38.1 Å². The normalized spacial score (nSPS) is 11.1. The second kappa shape index (κ2) is 9.48. The molecular weight excluding hydrogens is 476 g/mol. The van der Waals surface area contributed by atoms with E-state index in [1.165, 1.54) is 11.3 Å². The molecule has 5 nitrogen and oxygen atoms in total. The quantitative estimate of drug-likeness (QED) is 0.264. The highest BCUT2D eigenvalue weighted by atomic mass is 32.1. The fourth-order valence-electron chi connectivity index (χ4n) is 4.37. The lowest BCUT2D eigenvalue weighted by Crippen LogP contribution is -2.14. The number of amides is 1. The average Bonchev–Trinajstić information content (AvgIpc) is 3.52. The van der Waals surface area contributed by atoms with Gasteiger partial charge in [0.25, 0.3) is 5.91 Å². The van der Waals surface area contributed by atoms with Gasteiger partial charge in [-0.1, -0.05) is 101 Å². The predicted molar refractivity (Wildman–Crippen MR) is 151 cm³/mol. The first-order valence-corrected chi connectivity index (χ1v) is 12.9. The van der Waals surface area contributed by atoms with Gasteiger partial charge in [-0.25, -0.2) is 9.67 Å². The predicted octanol–water partition coefficient (Wildman–Crippen LogP) is 7.69. The van der Waals surface area contributed by atoms with Gasteiger partial charge in [0, 0.05) is 11.1 Å². The molecule has 6 rings (SSSR count). The van der Waals surface area contributed by atoms with Crippen molar-refractivity contribution in [3.8, 4) is 28.2 Å². The van der Waals surface area contributed by atoms with Crippen molar-refractivity contribution < 1.29 is 4.79 Å². The SMILES string of the molecule is Cc1ccc(-c2nn(-c3ccccc3)c(-c3ccc(C)cc3)c2C(=O)Nc2nc3ccccc3s2)cc1. The number of nitrogens with zero attached hydrogens (tertiary/aromatic N) is 3. The zero-order valence-corrected chi connectivity index (χ0v) is 21.3. The first kappa shape index (κ1) is 22.9. The molecule has 0 aliphatic rings. The molecule has 0 fully saturated rings. The third kappa shape index (κ3) is 4.43. The van der Waals surface area contributed by atoms with E-state index in [4.69, 9.17) is 5.10 Å². The van der Waals surface area contributed by atoms with Gasteiger partial charge in [0.05, 0.1) is 27.2 Å². The Morgan fingerprint density at radius 3 is 2.05 bits per heavy atom. The van der Waals surface area contributed by atoms with E-state index in [1.54, 1.807) is 0 Å². The van der Waals surface area contributed by atoms with Gasteiger partial charge in [0.1, 0.15) is 5.69 Å². The van der Waals surface area contributed by atoms with Gasteiger partial charge >= 0.3 is 0 Å². The van der Waals surface area contributed by atoms with E-state index in [9.17, 15) is 4.79 Å². The number of aromatic nitrogens is 3. The van der Waals surface area contributed by atoms with Crippen LogP contribution in [-0.2, 0) is 0 Å². The summed E-state index contributed by atoms with van der Waals surface area (Å²) >= 11 is 1.46. The van der Waals surface area contributed by atoms with Gasteiger partial charge in [-0.2, -0.15) is 5.10 Å². The molecule has 0 unspecified atom stereocenters. The van der Waals surface area contributed by atoms with Crippen LogP contribution in [0.2, 0.25) is 0 Å². The Bertz CT molecular complexity index is 1680. The van der Waals surface area contributed by atoms with E-state index in [0.29, 0.717) is 16.4 Å². The molecule has 6 aromatic rings. The van der Waals surface area contributed by atoms with Crippen LogP contribution >= 0.6 is 11.3 Å². The second-order valence-electron chi connectivity index (χ2n) is 8.99. The van der Waals surface area contributed by atoms with E-state index in [1.807, 2.05) is 103 Å². The fourth-order valence-corrected chi connectivity index (χ4v) is 5.23. The van der Waals surface area contributed by atoms with Crippen LogP contribution in [0.15, 0.2) is 103 Å². The third-order valence-corrected chi connectivity index (χ3v) is 7.23. The molecule has 2 aromatic heterocycles. The Morgan fingerprint density at radius 2 is 1.38 bits per heavy atom. The molecule has 0 atom stereocenters. The van der Waals surface area contributed by atoms with Crippen LogP contribution in [0.5, 0.6) is 0 Å².